The van der Waals surface area contributed by atoms with Crippen molar-refractivity contribution in [3.05, 3.63) is 48.6 Å². The lowest BCUT2D eigenvalue weighted by Gasteiger charge is -2.41. The first-order valence-corrected chi connectivity index (χ1v) is 16.8. The Balaban J connectivity index is 1.39. The minimum atomic E-state index is -1.37. The van der Waals surface area contributed by atoms with E-state index in [0.717, 1.165) is 13.1 Å². The van der Waals surface area contributed by atoms with Gasteiger partial charge in [-0.3, -0.25) is 19.3 Å². The summed E-state index contributed by atoms with van der Waals surface area (Å²) in [5.74, 6) is -1.96. The molecule has 3 amide bonds. The van der Waals surface area contributed by atoms with Gasteiger partial charge in [0.25, 0.3) is 0 Å². The summed E-state index contributed by atoms with van der Waals surface area (Å²) < 4.78 is 18.1. The molecule has 46 heavy (non-hydrogen) atoms. The third-order valence-electron chi connectivity index (χ3n) is 10.7. The van der Waals surface area contributed by atoms with E-state index in [1.807, 2.05) is 76.3 Å². The molecule has 0 aromatic heterocycles. The van der Waals surface area contributed by atoms with Gasteiger partial charge < -0.3 is 34.0 Å². The normalized spacial score (nSPS) is 32.6. The predicted octanol–water partition coefficient (Wildman–Crippen LogP) is 2.10. The third kappa shape index (κ3) is 5.44. The first-order chi connectivity index (χ1) is 22.2. The zero-order valence-corrected chi connectivity index (χ0v) is 27.5. The minimum absolute atomic E-state index is 0.0804. The number of nitrogens with zero attached hydrogens (tertiary/aromatic N) is 4. The lowest BCUT2D eigenvalue weighted by molar-refractivity contribution is -0.155. The number of carbonyl (C=O) groups is 3. The van der Waals surface area contributed by atoms with Gasteiger partial charge in [-0.25, -0.2) is 0 Å². The zero-order valence-electron chi connectivity index (χ0n) is 27.5. The van der Waals surface area contributed by atoms with E-state index in [4.69, 9.17) is 14.2 Å². The van der Waals surface area contributed by atoms with Gasteiger partial charge in [-0.1, -0.05) is 44.6 Å². The molecule has 5 heterocycles. The van der Waals surface area contributed by atoms with E-state index in [0.29, 0.717) is 63.9 Å². The zero-order chi connectivity index (χ0) is 32.6. The fraction of sp³-hybridized carbons (Fsp3) is 0.629. The molecular formula is C35H48N4O7. The van der Waals surface area contributed by atoms with E-state index in [2.05, 4.69) is 4.90 Å². The number of carbonyl (C=O) groups excluding carboxylic acids is 3. The molecule has 0 aliphatic carbocycles. The number of hydrogen-bond donors (Lipinski definition) is 1. The quantitative estimate of drug-likeness (QED) is 0.389. The van der Waals surface area contributed by atoms with Crippen LogP contribution >= 0.6 is 0 Å². The molecule has 3 fully saturated rings. The molecule has 1 aromatic carbocycles. The largest absolute Gasteiger partial charge is 0.494 e. The van der Waals surface area contributed by atoms with Crippen molar-refractivity contribution < 1.29 is 33.7 Å². The second kappa shape index (κ2) is 13.1. The van der Waals surface area contributed by atoms with Gasteiger partial charge in [0.1, 0.15) is 17.4 Å². The average Bonchev–Trinajstić information content (AvgIpc) is 3.33. The molecule has 11 heteroatoms. The highest BCUT2D eigenvalue weighted by molar-refractivity contribution is 6.04. The highest BCUT2D eigenvalue weighted by Gasteiger charge is 2.75. The van der Waals surface area contributed by atoms with Crippen LogP contribution in [0.1, 0.15) is 34.1 Å². The minimum Gasteiger partial charge on any atom is -0.494 e. The van der Waals surface area contributed by atoms with Crippen molar-refractivity contribution in [2.24, 2.45) is 17.8 Å². The second-order valence-electron chi connectivity index (χ2n) is 13.3. The third-order valence-corrected chi connectivity index (χ3v) is 10.7. The number of fused-ring (bicyclic) bond motifs is 2. The van der Waals surface area contributed by atoms with Crippen LogP contribution in [0.5, 0.6) is 5.75 Å². The van der Waals surface area contributed by atoms with Crippen LogP contribution in [0.25, 0.3) is 0 Å². The number of benzene rings is 1. The molecule has 6 rings (SSSR count). The van der Waals surface area contributed by atoms with Gasteiger partial charge >= 0.3 is 0 Å². The second-order valence-corrected chi connectivity index (χ2v) is 13.3. The van der Waals surface area contributed by atoms with E-state index in [-0.39, 0.29) is 30.2 Å². The van der Waals surface area contributed by atoms with Crippen molar-refractivity contribution >= 4 is 23.4 Å². The molecule has 1 N–H and O–H groups in total. The Hall–Kier alpha value is -3.25. The predicted molar refractivity (Wildman–Crippen MR) is 172 cm³/mol. The Morgan fingerprint density at radius 3 is 2.35 bits per heavy atom. The molecule has 7 atom stereocenters. The first-order valence-electron chi connectivity index (χ1n) is 16.8. The molecule has 0 radical (unpaired) electrons. The van der Waals surface area contributed by atoms with Crippen molar-refractivity contribution in [2.45, 2.75) is 57.4 Å². The monoisotopic (exact) mass is 636 g/mol. The van der Waals surface area contributed by atoms with Gasteiger partial charge in [0, 0.05) is 45.0 Å². The van der Waals surface area contributed by atoms with Crippen LogP contribution in [-0.4, -0.2) is 127 Å². The van der Waals surface area contributed by atoms with Crippen molar-refractivity contribution in [1.82, 2.24) is 14.7 Å². The van der Waals surface area contributed by atoms with Crippen LogP contribution in [-0.2, 0) is 23.9 Å². The Kier molecular flexibility index (Phi) is 9.31. The summed E-state index contributed by atoms with van der Waals surface area (Å²) in [5, 5.41) is 10.7. The number of amides is 3. The maximum atomic E-state index is 14.8. The highest BCUT2D eigenvalue weighted by Crippen LogP contribution is 2.58. The molecule has 5 aliphatic heterocycles. The van der Waals surface area contributed by atoms with E-state index in [1.54, 1.807) is 14.7 Å². The Bertz CT molecular complexity index is 1360. The summed E-state index contributed by atoms with van der Waals surface area (Å²) in [4.78, 5) is 51.6. The molecular weight excluding hydrogens is 588 g/mol. The van der Waals surface area contributed by atoms with Crippen LogP contribution in [0, 0.1) is 17.8 Å². The molecule has 1 unspecified atom stereocenters. The van der Waals surface area contributed by atoms with Crippen LogP contribution in [0.3, 0.4) is 0 Å². The van der Waals surface area contributed by atoms with Crippen LogP contribution in [0.2, 0.25) is 0 Å². The van der Waals surface area contributed by atoms with Crippen LogP contribution in [0.4, 0.5) is 5.69 Å². The van der Waals surface area contributed by atoms with E-state index >= 15 is 0 Å². The average molecular weight is 637 g/mol. The summed E-state index contributed by atoms with van der Waals surface area (Å²) in [5.41, 5.74) is -1.80. The summed E-state index contributed by atoms with van der Waals surface area (Å²) in [6.07, 6.45) is 8.31. The fourth-order valence-electron chi connectivity index (χ4n) is 8.09. The first kappa shape index (κ1) is 32.7. The number of hydrogen-bond acceptors (Lipinski definition) is 8. The van der Waals surface area contributed by atoms with Crippen LogP contribution < -0.4 is 9.64 Å². The fourth-order valence-corrected chi connectivity index (χ4v) is 8.09. The lowest BCUT2D eigenvalue weighted by atomic mass is 9.74. The number of ether oxygens (including phenoxy) is 3. The van der Waals surface area contributed by atoms with E-state index in [9.17, 15) is 19.5 Å². The molecule has 1 aromatic rings. The molecule has 250 valence electrons. The number of aliphatic hydroxyl groups excluding tert-OH is 1. The molecule has 11 nitrogen and oxygen atoms in total. The number of rotatable bonds is 10. The van der Waals surface area contributed by atoms with Gasteiger partial charge in [-0.2, -0.15) is 0 Å². The van der Waals surface area contributed by atoms with Crippen molar-refractivity contribution in [3.8, 4) is 5.75 Å². The van der Waals surface area contributed by atoms with Gasteiger partial charge in [0.05, 0.1) is 49.9 Å². The molecule has 0 bridgehead atoms. The maximum Gasteiger partial charge on any atom is 0.249 e. The summed E-state index contributed by atoms with van der Waals surface area (Å²) in [6, 6.07) is 5.76. The van der Waals surface area contributed by atoms with E-state index < -0.39 is 35.1 Å². The Labute approximate surface area is 271 Å². The molecule has 0 saturated carbocycles. The summed E-state index contributed by atoms with van der Waals surface area (Å²) in [6.45, 7) is 12.8. The van der Waals surface area contributed by atoms with Crippen molar-refractivity contribution in [2.75, 3.05) is 70.6 Å². The topological polar surface area (TPSA) is 112 Å². The molecule has 1 spiro atoms. The SMILES string of the molecule is CCOc1ccc(N2CC=C[C@]3(C)O[C@]45C=CCN(CCN6CCOCC6)C(=O)C4N([C@@H](CO)[C@@H](C)CC)C(=O)[C@@H]5[C@@H]3C2=O)cc1. The van der Waals surface area contributed by atoms with Gasteiger partial charge in [0.15, 0.2) is 0 Å². The number of likely N-dealkylation sites (tertiary alicyclic amines) is 1. The van der Waals surface area contributed by atoms with Crippen LogP contribution in [0.15, 0.2) is 48.6 Å². The molecule has 3 saturated heterocycles. The highest BCUT2D eigenvalue weighted by atomic mass is 16.5. The van der Waals surface area contributed by atoms with Crippen molar-refractivity contribution in [1.29, 1.82) is 0 Å². The summed E-state index contributed by atoms with van der Waals surface area (Å²) >= 11 is 0. The Morgan fingerprint density at radius 2 is 1.67 bits per heavy atom. The standard InChI is InChI=1S/C35H48N4O7/c1-5-24(3)27(23-40)39-30-33(43)37(18-17-36-19-21-44-22-20-36)15-8-14-35(30)29(32(39)42)28-31(41)38(16-7-13-34(28,4)46-35)25-9-11-26(12-10-25)45-6-2/h7-14,24,27-30,40H,5-6,15-23H2,1-4H3/t24-,27-,28+,29-,30?,34-,35-/m0/s1. The number of morpholine rings is 1. The maximum absolute atomic E-state index is 14.8. The van der Waals surface area contributed by atoms with Gasteiger partial charge in [-0.15, -0.1) is 0 Å². The number of aliphatic hydroxyl groups is 1. The molecule has 5 aliphatic rings. The van der Waals surface area contributed by atoms with Gasteiger partial charge in [0.2, 0.25) is 17.7 Å². The van der Waals surface area contributed by atoms with E-state index in [1.165, 1.54) is 0 Å². The Morgan fingerprint density at radius 1 is 0.957 bits per heavy atom. The smallest absolute Gasteiger partial charge is 0.249 e. The number of anilines is 1. The van der Waals surface area contributed by atoms with Crippen molar-refractivity contribution in [3.63, 3.8) is 0 Å². The summed E-state index contributed by atoms with van der Waals surface area (Å²) in [7, 11) is 0. The lowest BCUT2D eigenvalue weighted by Crippen LogP contribution is -2.60. The van der Waals surface area contributed by atoms with Gasteiger partial charge in [-0.05, 0) is 44.0 Å².